The molecule has 0 saturated carbocycles. The molecule has 1 heterocycles. The Morgan fingerprint density at radius 2 is 2.25 bits per heavy atom. The molecule has 1 amide bonds. The molecule has 0 aliphatic heterocycles. The Balaban J connectivity index is 2.59. The van der Waals surface area contributed by atoms with Crippen molar-refractivity contribution in [2.75, 3.05) is 6.61 Å². The highest BCUT2D eigenvalue weighted by molar-refractivity contribution is 7.14. The minimum Gasteiger partial charge on any atom is -0.449 e. The van der Waals surface area contributed by atoms with Gasteiger partial charge in [0.05, 0.1) is 17.2 Å². The summed E-state index contributed by atoms with van der Waals surface area (Å²) >= 11 is 1.68. The summed E-state index contributed by atoms with van der Waals surface area (Å²) < 4.78 is 4.70. The van der Waals surface area contributed by atoms with E-state index < -0.39 is 6.09 Å². The van der Waals surface area contributed by atoms with Gasteiger partial charge in [-0.2, -0.15) is 5.10 Å². The summed E-state index contributed by atoms with van der Waals surface area (Å²) in [5.74, 6) is 0. The molecule has 1 aromatic heterocycles. The number of nitrogens with one attached hydrogen (secondary N) is 1. The number of ether oxygens (including phenoxy) is 1. The molecule has 0 unspecified atom stereocenters. The normalized spacial score (nSPS) is 11.3. The number of hydrazone groups is 1. The SMILES string of the molecule is CCOC(=O)NN=C(C)c1ccc(CC)s1. The third kappa shape index (κ3) is 3.66. The first-order valence-corrected chi connectivity index (χ1v) is 6.05. The fourth-order valence-corrected chi connectivity index (χ4v) is 2.00. The lowest BCUT2D eigenvalue weighted by Gasteiger charge is -2.00. The number of thiophene rings is 1. The first-order valence-electron chi connectivity index (χ1n) is 5.23. The zero-order valence-electron chi connectivity index (χ0n) is 9.74. The van der Waals surface area contributed by atoms with Gasteiger partial charge in [-0.1, -0.05) is 6.92 Å². The number of hydrogen-bond acceptors (Lipinski definition) is 4. The van der Waals surface area contributed by atoms with Crippen LogP contribution in [0.3, 0.4) is 0 Å². The minimum absolute atomic E-state index is 0.347. The van der Waals surface area contributed by atoms with Gasteiger partial charge in [-0.15, -0.1) is 11.3 Å². The summed E-state index contributed by atoms with van der Waals surface area (Å²) in [7, 11) is 0. The van der Waals surface area contributed by atoms with E-state index in [-0.39, 0.29) is 0 Å². The van der Waals surface area contributed by atoms with E-state index in [0.29, 0.717) is 6.61 Å². The molecule has 88 valence electrons. The molecule has 4 nitrogen and oxygen atoms in total. The van der Waals surface area contributed by atoms with Crippen LogP contribution >= 0.6 is 11.3 Å². The number of carbonyl (C=O) groups excluding carboxylic acids is 1. The molecule has 1 rings (SSSR count). The van der Waals surface area contributed by atoms with E-state index in [4.69, 9.17) is 4.74 Å². The molecule has 0 bridgehead atoms. The van der Waals surface area contributed by atoms with Crippen molar-refractivity contribution in [2.45, 2.75) is 27.2 Å². The minimum atomic E-state index is -0.519. The molecule has 1 N–H and O–H groups in total. The Morgan fingerprint density at radius 3 is 2.81 bits per heavy atom. The van der Waals surface area contributed by atoms with Crippen LogP contribution in [0.5, 0.6) is 0 Å². The van der Waals surface area contributed by atoms with Crippen LogP contribution < -0.4 is 5.43 Å². The van der Waals surface area contributed by atoms with Crippen molar-refractivity contribution >= 4 is 23.1 Å². The van der Waals surface area contributed by atoms with Crippen LogP contribution in [0, 0.1) is 0 Å². The summed E-state index contributed by atoms with van der Waals surface area (Å²) in [4.78, 5) is 13.4. The zero-order valence-corrected chi connectivity index (χ0v) is 10.6. The van der Waals surface area contributed by atoms with Gasteiger partial charge in [0.15, 0.2) is 0 Å². The second-order valence-corrected chi connectivity index (χ2v) is 4.32. The van der Waals surface area contributed by atoms with Gasteiger partial charge in [-0.3, -0.25) is 0 Å². The van der Waals surface area contributed by atoms with Crippen molar-refractivity contribution in [2.24, 2.45) is 5.10 Å². The maximum atomic E-state index is 11.0. The van der Waals surface area contributed by atoms with E-state index in [0.717, 1.165) is 17.0 Å². The second-order valence-electron chi connectivity index (χ2n) is 3.15. The molecule has 5 heteroatoms. The molecule has 0 aliphatic rings. The lowest BCUT2D eigenvalue weighted by molar-refractivity contribution is 0.152. The topological polar surface area (TPSA) is 50.7 Å². The van der Waals surface area contributed by atoms with Crippen molar-refractivity contribution in [3.05, 3.63) is 21.9 Å². The second kappa shape index (κ2) is 6.27. The standard InChI is InChI=1S/C11H16N2O2S/c1-4-9-6-7-10(16-9)8(3)12-13-11(14)15-5-2/h6-7H,4-5H2,1-3H3,(H,13,14). The molecule has 0 radical (unpaired) electrons. The van der Waals surface area contributed by atoms with E-state index in [1.807, 2.05) is 13.0 Å². The molecule has 0 fully saturated rings. The smallest absolute Gasteiger partial charge is 0.427 e. The number of hydrogen-bond donors (Lipinski definition) is 1. The molecule has 0 atom stereocenters. The lowest BCUT2D eigenvalue weighted by Crippen LogP contribution is -2.20. The highest BCUT2D eigenvalue weighted by atomic mass is 32.1. The van der Waals surface area contributed by atoms with Crippen LogP contribution in [0.25, 0.3) is 0 Å². The third-order valence-corrected chi connectivity index (χ3v) is 3.30. The summed E-state index contributed by atoms with van der Waals surface area (Å²) in [5, 5.41) is 3.96. The Kier molecular flexibility index (Phi) is 4.98. The van der Waals surface area contributed by atoms with Gasteiger partial charge in [0.1, 0.15) is 0 Å². The Labute approximate surface area is 99.3 Å². The van der Waals surface area contributed by atoms with E-state index in [1.54, 1.807) is 18.3 Å². The van der Waals surface area contributed by atoms with Gasteiger partial charge < -0.3 is 4.74 Å². The van der Waals surface area contributed by atoms with Crippen molar-refractivity contribution in [3.63, 3.8) is 0 Å². The largest absolute Gasteiger partial charge is 0.449 e. The highest BCUT2D eigenvalue weighted by Crippen LogP contribution is 2.17. The Hall–Kier alpha value is -1.36. The molecular weight excluding hydrogens is 224 g/mol. The molecule has 16 heavy (non-hydrogen) atoms. The number of amides is 1. The molecule has 0 spiro atoms. The van der Waals surface area contributed by atoms with Crippen LogP contribution in [-0.4, -0.2) is 18.4 Å². The molecule has 0 aliphatic carbocycles. The molecule has 0 aromatic carbocycles. The van der Waals surface area contributed by atoms with Crippen molar-refractivity contribution in [3.8, 4) is 0 Å². The van der Waals surface area contributed by atoms with Gasteiger partial charge in [0.25, 0.3) is 0 Å². The van der Waals surface area contributed by atoms with Crippen LogP contribution in [0.2, 0.25) is 0 Å². The van der Waals surface area contributed by atoms with Gasteiger partial charge in [0, 0.05) is 4.88 Å². The van der Waals surface area contributed by atoms with Crippen LogP contribution in [0.1, 0.15) is 30.5 Å². The third-order valence-electron chi connectivity index (χ3n) is 1.96. The average molecular weight is 240 g/mol. The Bertz CT molecular complexity index is 385. The van der Waals surface area contributed by atoms with E-state index >= 15 is 0 Å². The van der Waals surface area contributed by atoms with E-state index in [2.05, 4.69) is 23.5 Å². The monoisotopic (exact) mass is 240 g/mol. The fraction of sp³-hybridized carbons (Fsp3) is 0.455. The predicted molar refractivity (Wildman–Crippen MR) is 66.1 cm³/mol. The summed E-state index contributed by atoms with van der Waals surface area (Å²) in [6.45, 7) is 6.07. The van der Waals surface area contributed by atoms with Gasteiger partial charge in [0.2, 0.25) is 0 Å². The molecule has 0 saturated heterocycles. The van der Waals surface area contributed by atoms with Crippen LogP contribution in [0.4, 0.5) is 4.79 Å². The Morgan fingerprint density at radius 1 is 1.50 bits per heavy atom. The van der Waals surface area contributed by atoms with Gasteiger partial charge in [-0.25, -0.2) is 10.2 Å². The first kappa shape index (κ1) is 12.7. The quantitative estimate of drug-likeness (QED) is 0.650. The summed E-state index contributed by atoms with van der Waals surface area (Å²) in [6.07, 6.45) is 0.498. The van der Waals surface area contributed by atoms with Gasteiger partial charge >= 0.3 is 6.09 Å². The maximum Gasteiger partial charge on any atom is 0.427 e. The van der Waals surface area contributed by atoms with E-state index in [9.17, 15) is 4.79 Å². The number of rotatable bonds is 4. The summed E-state index contributed by atoms with van der Waals surface area (Å²) in [6, 6.07) is 4.08. The molecular formula is C11H16N2O2S. The zero-order chi connectivity index (χ0) is 12.0. The van der Waals surface area contributed by atoms with Crippen molar-refractivity contribution in [1.29, 1.82) is 0 Å². The van der Waals surface area contributed by atoms with E-state index in [1.165, 1.54) is 4.88 Å². The predicted octanol–water partition coefficient (Wildman–Crippen LogP) is 2.78. The summed E-state index contributed by atoms with van der Waals surface area (Å²) in [5.41, 5.74) is 3.13. The number of aryl methyl sites for hydroxylation is 1. The number of carbonyl (C=O) groups is 1. The average Bonchev–Trinajstić information content (AvgIpc) is 2.75. The number of nitrogens with zero attached hydrogens (tertiary/aromatic N) is 1. The fourth-order valence-electron chi connectivity index (χ4n) is 1.11. The van der Waals surface area contributed by atoms with Crippen LogP contribution in [-0.2, 0) is 11.2 Å². The lowest BCUT2D eigenvalue weighted by atomic mass is 10.3. The molecule has 1 aromatic rings. The highest BCUT2D eigenvalue weighted by Gasteiger charge is 2.03. The maximum absolute atomic E-state index is 11.0. The van der Waals surface area contributed by atoms with Crippen molar-refractivity contribution < 1.29 is 9.53 Å². The first-order chi connectivity index (χ1) is 7.67. The van der Waals surface area contributed by atoms with Crippen molar-refractivity contribution in [1.82, 2.24) is 5.43 Å². The van der Waals surface area contributed by atoms with Gasteiger partial charge in [-0.05, 0) is 32.4 Å². The van der Waals surface area contributed by atoms with Crippen LogP contribution in [0.15, 0.2) is 17.2 Å².